The second-order valence-electron chi connectivity index (χ2n) is 6.94. The van der Waals surface area contributed by atoms with Gasteiger partial charge in [-0.25, -0.2) is 0 Å². The summed E-state index contributed by atoms with van der Waals surface area (Å²) in [7, 11) is 0. The van der Waals surface area contributed by atoms with E-state index >= 15 is 0 Å². The van der Waals surface area contributed by atoms with Crippen LogP contribution in [0, 0.1) is 11.3 Å². The molecule has 2 unspecified atom stereocenters. The van der Waals surface area contributed by atoms with E-state index in [9.17, 15) is 14.7 Å². The summed E-state index contributed by atoms with van der Waals surface area (Å²) < 4.78 is 11.2. The van der Waals surface area contributed by atoms with Gasteiger partial charge in [0, 0.05) is 32.0 Å². The first kappa shape index (κ1) is 15.7. The van der Waals surface area contributed by atoms with Crippen molar-refractivity contribution in [2.24, 2.45) is 11.3 Å². The minimum atomic E-state index is -0.799. The Balaban J connectivity index is 1.56. The van der Waals surface area contributed by atoms with Gasteiger partial charge >= 0.3 is 5.97 Å². The van der Waals surface area contributed by atoms with Crippen molar-refractivity contribution in [3.63, 3.8) is 0 Å². The van der Waals surface area contributed by atoms with Gasteiger partial charge in [0.2, 0.25) is 5.91 Å². The quantitative estimate of drug-likeness (QED) is 0.846. The highest BCUT2D eigenvalue weighted by molar-refractivity contribution is 5.81. The highest BCUT2D eigenvalue weighted by Gasteiger charge is 2.54. The molecule has 3 heterocycles. The van der Waals surface area contributed by atoms with Crippen molar-refractivity contribution in [1.82, 2.24) is 4.90 Å². The van der Waals surface area contributed by atoms with Crippen LogP contribution in [0.3, 0.4) is 0 Å². The average molecular weight is 311 g/mol. The van der Waals surface area contributed by atoms with Crippen molar-refractivity contribution in [2.45, 2.75) is 51.2 Å². The van der Waals surface area contributed by atoms with Gasteiger partial charge in [0.05, 0.1) is 24.2 Å². The molecule has 1 N–H and O–H groups in total. The van der Waals surface area contributed by atoms with E-state index in [1.807, 2.05) is 0 Å². The molecule has 3 aliphatic heterocycles. The monoisotopic (exact) mass is 311 g/mol. The largest absolute Gasteiger partial charge is 0.481 e. The van der Waals surface area contributed by atoms with Crippen LogP contribution in [0.4, 0.5) is 0 Å². The molecule has 22 heavy (non-hydrogen) atoms. The molecule has 0 aromatic heterocycles. The minimum Gasteiger partial charge on any atom is -0.481 e. The number of amides is 1. The normalized spacial score (nSPS) is 38.0. The molecule has 0 aliphatic carbocycles. The van der Waals surface area contributed by atoms with Crippen molar-refractivity contribution in [3.8, 4) is 0 Å². The smallest absolute Gasteiger partial charge is 0.311 e. The number of carbonyl (C=O) groups is 2. The Morgan fingerprint density at radius 2 is 2.18 bits per heavy atom. The number of carboxylic acids is 1. The molecule has 0 aromatic rings. The maximum absolute atomic E-state index is 12.4. The first-order valence-corrected chi connectivity index (χ1v) is 8.25. The number of ether oxygens (including phenoxy) is 2. The van der Waals surface area contributed by atoms with Crippen LogP contribution in [0.25, 0.3) is 0 Å². The van der Waals surface area contributed by atoms with Gasteiger partial charge in [-0.2, -0.15) is 0 Å². The third-order valence-corrected chi connectivity index (χ3v) is 5.49. The Labute approximate surface area is 130 Å². The molecule has 0 saturated carbocycles. The van der Waals surface area contributed by atoms with Gasteiger partial charge in [-0.3, -0.25) is 9.59 Å². The number of hydrogen-bond acceptors (Lipinski definition) is 4. The third kappa shape index (κ3) is 2.86. The molecule has 3 saturated heterocycles. The Kier molecular flexibility index (Phi) is 4.41. The van der Waals surface area contributed by atoms with E-state index in [-0.39, 0.29) is 17.9 Å². The van der Waals surface area contributed by atoms with Gasteiger partial charge < -0.3 is 19.5 Å². The van der Waals surface area contributed by atoms with E-state index in [0.717, 1.165) is 19.3 Å². The Morgan fingerprint density at radius 3 is 2.82 bits per heavy atom. The maximum Gasteiger partial charge on any atom is 0.311 e. The van der Waals surface area contributed by atoms with Gasteiger partial charge in [0.25, 0.3) is 0 Å². The SMILES string of the molecule is CC1CCC(CCC(=O)N2C[C@H]3COCC[C@@]3(C(=O)O)C2)O1. The Hall–Kier alpha value is -1.14. The molecule has 0 aromatic carbocycles. The zero-order chi connectivity index (χ0) is 15.7. The Morgan fingerprint density at radius 1 is 1.36 bits per heavy atom. The summed E-state index contributed by atoms with van der Waals surface area (Å²) in [5, 5.41) is 9.62. The highest BCUT2D eigenvalue weighted by Crippen LogP contribution is 2.42. The second kappa shape index (κ2) is 6.16. The number of likely N-dealkylation sites (tertiary alicyclic amines) is 1. The average Bonchev–Trinajstić information content (AvgIpc) is 3.08. The lowest BCUT2D eigenvalue weighted by Crippen LogP contribution is -2.45. The molecule has 3 fully saturated rings. The van der Waals surface area contributed by atoms with Gasteiger partial charge in [-0.15, -0.1) is 0 Å². The van der Waals surface area contributed by atoms with E-state index in [4.69, 9.17) is 9.47 Å². The van der Waals surface area contributed by atoms with E-state index in [1.165, 1.54) is 0 Å². The summed E-state index contributed by atoms with van der Waals surface area (Å²) in [5.41, 5.74) is -0.799. The van der Waals surface area contributed by atoms with Crippen LogP contribution in [0.2, 0.25) is 0 Å². The Bertz CT molecular complexity index is 454. The molecule has 3 aliphatic rings. The molecule has 0 bridgehead atoms. The molecule has 6 nitrogen and oxygen atoms in total. The second-order valence-corrected chi connectivity index (χ2v) is 6.94. The standard InChI is InChI=1S/C16H25NO5/c1-11-2-3-13(22-11)4-5-14(18)17-8-12-9-21-7-6-16(12,10-17)15(19)20/h11-13H,2-10H2,1H3,(H,19,20)/t11?,12-,13?,16+/m0/s1. The van der Waals surface area contributed by atoms with E-state index in [0.29, 0.717) is 45.2 Å². The van der Waals surface area contributed by atoms with Gasteiger partial charge in [0.1, 0.15) is 0 Å². The summed E-state index contributed by atoms with van der Waals surface area (Å²) in [4.78, 5) is 25.9. The molecular weight excluding hydrogens is 286 g/mol. The van der Waals surface area contributed by atoms with Crippen molar-refractivity contribution in [3.05, 3.63) is 0 Å². The number of carboxylic acid groups (broad SMARTS) is 1. The van der Waals surface area contributed by atoms with Crippen LogP contribution in [0.15, 0.2) is 0 Å². The fourth-order valence-electron chi connectivity index (χ4n) is 4.03. The van der Waals surface area contributed by atoms with E-state index in [1.54, 1.807) is 4.90 Å². The fraction of sp³-hybridized carbons (Fsp3) is 0.875. The van der Waals surface area contributed by atoms with Gasteiger partial charge in [-0.05, 0) is 32.6 Å². The van der Waals surface area contributed by atoms with Crippen molar-refractivity contribution in [1.29, 1.82) is 0 Å². The predicted molar refractivity (Wildman–Crippen MR) is 78.4 cm³/mol. The zero-order valence-electron chi connectivity index (χ0n) is 13.1. The van der Waals surface area contributed by atoms with Crippen molar-refractivity contribution < 1.29 is 24.2 Å². The molecule has 6 heteroatoms. The summed E-state index contributed by atoms with van der Waals surface area (Å²) in [6.07, 6.45) is 4.23. The molecule has 0 spiro atoms. The van der Waals surface area contributed by atoms with Gasteiger partial charge in [-0.1, -0.05) is 0 Å². The summed E-state index contributed by atoms with van der Waals surface area (Å²) >= 11 is 0. The lowest BCUT2D eigenvalue weighted by atomic mass is 9.74. The highest BCUT2D eigenvalue weighted by atomic mass is 16.5. The molecule has 1 amide bonds. The molecule has 4 atom stereocenters. The van der Waals surface area contributed by atoms with Crippen LogP contribution < -0.4 is 0 Å². The summed E-state index contributed by atoms with van der Waals surface area (Å²) in [6.45, 7) is 3.81. The van der Waals surface area contributed by atoms with E-state index in [2.05, 4.69) is 6.92 Å². The number of carbonyl (C=O) groups excluding carboxylic acids is 1. The maximum atomic E-state index is 12.4. The van der Waals surface area contributed by atoms with Crippen LogP contribution in [0.5, 0.6) is 0 Å². The molecular formula is C16H25NO5. The predicted octanol–water partition coefficient (Wildman–Crippen LogP) is 1.28. The first-order valence-electron chi connectivity index (χ1n) is 8.25. The van der Waals surface area contributed by atoms with Crippen molar-refractivity contribution in [2.75, 3.05) is 26.3 Å². The van der Waals surface area contributed by atoms with Crippen molar-refractivity contribution >= 4 is 11.9 Å². The lowest BCUT2D eigenvalue weighted by molar-refractivity contribution is -0.157. The van der Waals surface area contributed by atoms with E-state index < -0.39 is 11.4 Å². The summed E-state index contributed by atoms with van der Waals surface area (Å²) in [6, 6.07) is 0. The number of aliphatic carboxylic acids is 1. The summed E-state index contributed by atoms with van der Waals surface area (Å²) in [5.74, 6) is -0.812. The molecule has 124 valence electrons. The van der Waals surface area contributed by atoms with Crippen LogP contribution in [-0.4, -0.2) is 60.4 Å². The minimum absolute atomic E-state index is 0.0539. The van der Waals surface area contributed by atoms with Crippen LogP contribution in [0.1, 0.15) is 39.0 Å². The molecule has 3 rings (SSSR count). The number of rotatable bonds is 4. The molecule has 0 radical (unpaired) electrons. The third-order valence-electron chi connectivity index (χ3n) is 5.49. The van der Waals surface area contributed by atoms with Gasteiger partial charge in [0.15, 0.2) is 0 Å². The number of hydrogen-bond donors (Lipinski definition) is 1. The first-order chi connectivity index (χ1) is 10.5. The van der Waals surface area contributed by atoms with Crippen LogP contribution >= 0.6 is 0 Å². The number of nitrogens with zero attached hydrogens (tertiary/aromatic N) is 1. The zero-order valence-corrected chi connectivity index (χ0v) is 13.1. The van der Waals surface area contributed by atoms with Crippen LogP contribution in [-0.2, 0) is 19.1 Å². The topological polar surface area (TPSA) is 76.1 Å². The lowest BCUT2D eigenvalue weighted by Gasteiger charge is -2.33. The fourth-order valence-corrected chi connectivity index (χ4v) is 4.03. The number of fused-ring (bicyclic) bond motifs is 1.